The number of amides is 1. The second-order valence-corrected chi connectivity index (χ2v) is 8.88. The maximum Gasteiger partial charge on any atom is 0.240 e. The minimum absolute atomic E-state index is 0.0116. The molecule has 1 N–H and O–H groups in total. The number of halogens is 1. The van der Waals surface area contributed by atoms with Crippen LogP contribution in [0.15, 0.2) is 53.4 Å². The van der Waals surface area contributed by atoms with Gasteiger partial charge in [0.1, 0.15) is 5.82 Å². The van der Waals surface area contributed by atoms with Gasteiger partial charge in [-0.05, 0) is 49.2 Å². The van der Waals surface area contributed by atoms with Gasteiger partial charge in [0.05, 0.1) is 4.90 Å². The third-order valence-corrected chi connectivity index (χ3v) is 6.55. The van der Waals surface area contributed by atoms with Gasteiger partial charge in [0.15, 0.2) is 0 Å². The Kier molecular flexibility index (Phi) is 6.87. The Labute approximate surface area is 171 Å². The Morgan fingerprint density at radius 3 is 2.34 bits per heavy atom. The fourth-order valence-electron chi connectivity index (χ4n) is 3.42. The molecule has 1 amide bonds. The average molecular weight is 420 g/mol. The smallest absolute Gasteiger partial charge is 0.240 e. The van der Waals surface area contributed by atoms with Gasteiger partial charge in [0, 0.05) is 44.8 Å². The Morgan fingerprint density at radius 2 is 1.69 bits per heavy atom. The third-order valence-electron chi connectivity index (χ3n) is 5.07. The SMILES string of the molecule is Cc1ccccc1N1CCN(C(=O)CCCNS(=O)(=O)c2ccc(F)cc2)CC1. The average Bonchev–Trinajstić information content (AvgIpc) is 2.72. The van der Waals surface area contributed by atoms with Crippen molar-refractivity contribution < 1.29 is 17.6 Å². The maximum absolute atomic E-state index is 12.9. The van der Waals surface area contributed by atoms with Crippen molar-refractivity contribution in [1.29, 1.82) is 0 Å². The van der Waals surface area contributed by atoms with E-state index in [1.165, 1.54) is 23.4 Å². The highest BCUT2D eigenvalue weighted by Gasteiger charge is 2.22. The minimum atomic E-state index is -3.69. The lowest BCUT2D eigenvalue weighted by atomic mass is 10.1. The number of nitrogens with zero attached hydrogens (tertiary/aromatic N) is 2. The monoisotopic (exact) mass is 419 g/mol. The van der Waals surface area contributed by atoms with Gasteiger partial charge in [0.25, 0.3) is 0 Å². The summed E-state index contributed by atoms with van der Waals surface area (Å²) in [5, 5.41) is 0. The molecule has 8 heteroatoms. The van der Waals surface area contributed by atoms with Crippen molar-refractivity contribution in [3.63, 3.8) is 0 Å². The summed E-state index contributed by atoms with van der Waals surface area (Å²) < 4.78 is 39.7. The van der Waals surface area contributed by atoms with Gasteiger partial charge in [0.2, 0.25) is 15.9 Å². The number of sulfonamides is 1. The number of rotatable bonds is 7. The number of para-hydroxylation sites is 1. The van der Waals surface area contributed by atoms with E-state index in [0.717, 1.165) is 25.2 Å². The molecule has 0 unspecified atom stereocenters. The molecule has 1 fully saturated rings. The number of hydrogen-bond acceptors (Lipinski definition) is 4. The Bertz CT molecular complexity index is 940. The van der Waals surface area contributed by atoms with Crippen molar-refractivity contribution in [2.75, 3.05) is 37.6 Å². The fourth-order valence-corrected chi connectivity index (χ4v) is 4.49. The summed E-state index contributed by atoms with van der Waals surface area (Å²) in [6, 6.07) is 12.9. The zero-order valence-corrected chi connectivity index (χ0v) is 17.3. The first-order valence-electron chi connectivity index (χ1n) is 9.70. The molecule has 156 valence electrons. The van der Waals surface area contributed by atoms with Gasteiger partial charge in [-0.15, -0.1) is 0 Å². The summed E-state index contributed by atoms with van der Waals surface area (Å²) in [6.07, 6.45) is 0.702. The second kappa shape index (κ2) is 9.37. The van der Waals surface area contributed by atoms with Crippen molar-refractivity contribution >= 4 is 21.6 Å². The van der Waals surface area contributed by atoms with Crippen LogP contribution in [-0.2, 0) is 14.8 Å². The Balaban J connectivity index is 1.41. The number of nitrogens with one attached hydrogen (secondary N) is 1. The van der Waals surface area contributed by atoms with Crippen molar-refractivity contribution in [3.8, 4) is 0 Å². The van der Waals surface area contributed by atoms with Crippen LogP contribution in [0.5, 0.6) is 0 Å². The van der Waals surface area contributed by atoms with Crippen molar-refractivity contribution in [2.24, 2.45) is 0 Å². The van der Waals surface area contributed by atoms with E-state index >= 15 is 0 Å². The van der Waals surface area contributed by atoms with Crippen LogP contribution in [0.3, 0.4) is 0 Å². The van der Waals surface area contributed by atoms with E-state index in [2.05, 4.69) is 28.7 Å². The highest BCUT2D eigenvalue weighted by molar-refractivity contribution is 7.89. The summed E-state index contributed by atoms with van der Waals surface area (Å²) >= 11 is 0. The highest BCUT2D eigenvalue weighted by Crippen LogP contribution is 2.21. The number of piperazine rings is 1. The summed E-state index contributed by atoms with van der Waals surface area (Å²) in [5.74, 6) is -0.451. The van der Waals surface area contributed by atoms with Gasteiger partial charge in [-0.3, -0.25) is 4.79 Å². The second-order valence-electron chi connectivity index (χ2n) is 7.11. The van der Waals surface area contributed by atoms with Gasteiger partial charge in [-0.25, -0.2) is 17.5 Å². The first-order valence-corrected chi connectivity index (χ1v) is 11.2. The predicted octanol–water partition coefficient (Wildman–Crippen LogP) is 2.54. The standard InChI is InChI=1S/C21H26FN3O3S/c1-17-5-2-3-6-20(17)24-13-15-25(16-14-24)21(26)7-4-12-23-29(27,28)19-10-8-18(22)9-11-19/h2-3,5-6,8-11,23H,4,7,12-16H2,1H3. The maximum atomic E-state index is 12.9. The van der Waals surface area contributed by atoms with Crippen molar-refractivity contribution in [3.05, 3.63) is 59.9 Å². The number of hydrogen-bond donors (Lipinski definition) is 1. The van der Waals surface area contributed by atoms with Crippen molar-refractivity contribution in [1.82, 2.24) is 9.62 Å². The van der Waals surface area contributed by atoms with Crippen LogP contribution in [0.25, 0.3) is 0 Å². The van der Waals surface area contributed by atoms with Crippen molar-refractivity contribution in [2.45, 2.75) is 24.7 Å². The van der Waals surface area contributed by atoms with E-state index in [9.17, 15) is 17.6 Å². The molecule has 0 atom stereocenters. The van der Waals surface area contributed by atoms with Gasteiger partial charge in [-0.1, -0.05) is 18.2 Å². The molecular formula is C21H26FN3O3S. The van der Waals surface area contributed by atoms with E-state index in [1.54, 1.807) is 0 Å². The zero-order valence-electron chi connectivity index (χ0n) is 16.5. The first-order chi connectivity index (χ1) is 13.9. The molecule has 2 aromatic rings. The third kappa shape index (κ3) is 5.55. The number of carbonyl (C=O) groups is 1. The molecule has 0 aromatic heterocycles. The molecule has 0 radical (unpaired) electrons. The van der Waals surface area contributed by atoms with E-state index in [1.807, 2.05) is 17.0 Å². The van der Waals surface area contributed by atoms with Gasteiger partial charge >= 0.3 is 0 Å². The van der Waals surface area contributed by atoms with Gasteiger partial charge in [-0.2, -0.15) is 0 Å². The van der Waals surface area contributed by atoms with E-state index in [-0.39, 0.29) is 23.8 Å². The van der Waals surface area contributed by atoms with E-state index in [4.69, 9.17) is 0 Å². The number of anilines is 1. The lowest BCUT2D eigenvalue weighted by Crippen LogP contribution is -2.49. The number of carbonyl (C=O) groups excluding carboxylic acids is 1. The molecule has 0 aliphatic carbocycles. The van der Waals surface area contributed by atoms with Crippen LogP contribution in [0.4, 0.5) is 10.1 Å². The van der Waals surface area contributed by atoms with Crippen LogP contribution in [0.1, 0.15) is 18.4 Å². The molecule has 6 nitrogen and oxygen atoms in total. The molecule has 1 aliphatic rings. The predicted molar refractivity (Wildman–Crippen MR) is 111 cm³/mol. The molecule has 1 heterocycles. The molecular weight excluding hydrogens is 393 g/mol. The molecule has 3 rings (SSSR count). The van der Waals surface area contributed by atoms with Crippen LogP contribution < -0.4 is 9.62 Å². The Hall–Kier alpha value is -2.45. The van der Waals surface area contributed by atoms with Crippen LogP contribution in [0.2, 0.25) is 0 Å². The summed E-state index contributed by atoms with van der Waals surface area (Å²) in [7, 11) is -3.69. The van der Waals surface area contributed by atoms with Crippen LogP contribution in [0, 0.1) is 12.7 Å². The largest absolute Gasteiger partial charge is 0.368 e. The molecule has 2 aromatic carbocycles. The number of benzene rings is 2. The molecule has 0 spiro atoms. The molecule has 1 saturated heterocycles. The zero-order chi connectivity index (χ0) is 20.9. The number of aryl methyl sites for hydroxylation is 1. The molecule has 0 bridgehead atoms. The molecule has 1 aliphatic heterocycles. The normalized spacial score (nSPS) is 14.8. The lowest BCUT2D eigenvalue weighted by molar-refractivity contribution is -0.131. The lowest BCUT2D eigenvalue weighted by Gasteiger charge is -2.37. The van der Waals surface area contributed by atoms with Gasteiger partial charge < -0.3 is 9.80 Å². The molecule has 29 heavy (non-hydrogen) atoms. The van der Waals surface area contributed by atoms with Crippen LogP contribution >= 0.6 is 0 Å². The summed E-state index contributed by atoms with van der Waals surface area (Å²) in [5.41, 5.74) is 2.43. The van der Waals surface area contributed by atoms with E-state index < -0.39 is 15.8 Å². The Morgan fingerprint density at radius 1 is 1.03 bits per heavy atom. The van der Waals surface area contributed by atoms with E-state index in [0.29, 0.717) is 19.5 Å². The summed E-state index contributed by atoms with van der Waals surface area (Å²) in [4.78, 5) is 16.6. The quantitative estimate of drug-likeness (QED) is 0.701. The topological polar surface area (TPSA) is 69.7 Å². The molecule has 0 saturated carbocycles. The fraction of sp³-hybridized carbons (Fsp3) is 0.381. The minimum Gasteiger partial charge on any atom is -0.368 e. The summed E-state index contributed by atoms with van der Waals surface area (Å²) in [6.45, 7) is 5.14. The van der Waals surface area contributed by atoms with Crippen LogP contribution in [-0.4, -0.2) is 51.9 Å². The highest BCUT2D eigenvalue weighted by atomic mass is 32.2. The first kappa shape index (κ1) is 21.3.